The Morgan fingerprint density at radius 2 is 0.712 bits per heavy atom. The summed E-state index contributed by atoms with van der Waals surface area (Å²) in [4.78, 5) is 2.36. The molecule has 0 fully saturated rings. The fourth-order valence-corrected chi connectivity index (χ4v) is 9.71. The molecule has 11 aromatic carbocycles. The normalized spacial score (nSPS) is 11.3. The smallest absolute Gasteiger partial charge is 0.143 e. The number of para-hydroxylation sites is 1. The molecule has 0 unspecified atom stereocenters. The first-order valence-electron chi connectivity index (χ1n) is 22.6. The predicted molar refractivity (Wildman–Crippen MR) is 279 cm³/mol. The average molecular weight is 842 g/mol. The molecular formula is C64H43NO. The fourth-order valence-electron chi connectivity index (χ4n) is 9.71. The standard InChI is InChI=1S/C64H43NO/c1-3-16-45(17-4-1)55-23-9-10-24-56(55)46-32-38-53(39-33-46)65(54-40-34-47(35-41-54)61-43-50-20-7-8-25-57(50)58-26-11-12-27-59(58)61)52-36-30-44(31-37-52)49-21-15-22-51(42-49)64-63(48-18-5-2-6-19-48)60-28-13-14-29-62(60)66-64/h1-43H. The Labute approximate surface area is 384 Å². The van der Waals surface area contributed by atoms with E-state index >= 15 is 0 Å². The van der Waals surface area contributed by atoms with E-state index in [1.807, 2.05) is 6.07 Å². The lowest BCUT2D eigenvalue weighted by atomic mass is 9.93. The van der Waals surface area contributed by atoms with E-state index in [1.165, 1.54) is 54.9 Å². The maximum Gasteiger partial charge on any atom is 0.143 e. The maximum atomic E-state index is 6.61. The molecule has 0 aliphatic rings. The number of fused-ring (bicyclic) bond motifs is 4. The van der Waals surface area contributed by atoms with Crippen LogP contribution in [0.1, 0.15) is 0 Å². The molecule has 0 aliphatic heterocycles. The molecule has 12 aromatic rings. The number of benzene rings is 11. The van der Waals surface area contributed by atoms with Crippen LogP contribution in [0.15, 0.2) is 265 Å². The molecule has 0 amide bonds. The molecule has 0 aliphatic carbocycles. The van der Waals surface area contributed by atoms with Crippen LogP contribution in [0.2, 0.25) is 0 Å². The van der Waals surface area contributed by atoms with Gasteiger partial charge in [0.25, 0.3) is 0 Å². The second kappa shape index (κ2) is 16.8. The van der Waals surface area contributed by atoms with Crippen molar-refractivity contribution in [2.75, 3.05) is 4.90 Å². The van der Waals surface area contributed by atoms with E-state index in [1.54, 1.807) is 0 Å². The van der Waals surface area contributed by atoms with Crippen molar-refractivity contribution < 1.29 is 4.42 Å². The minimum atomic E-state index is 0.877. The van der Waals surface area contributed by atoms with Crippen molar-refractivity contribution >= 4 is 49.6 Å². The summed E-state index contributed by atoms with van der Waals surface area (Å²) >= 11 is 0. The molecule has 310 valence electrons. The van der Waals surface area contributed by atoms with Crippen molar-refractivity contribution in [2.45, 2.75) is 0 Å². The van der Waals surface area contributed by atoms with E-state index in [-0.39, 0.29) is 0 Å². The van der Waals surface area contributed by atoms with Crippen LogP contribution in [0.5, 0.6) is 0 Å². The van der Waals surface area contributed by atoms with Gasteiger partial charge in [-0.2, -0.15) is 0 Å². The Hall–Kier alpha value is -8.72. The highest BCUT2D eigenvalue weighted by Gasteiger charge is 2.19. The number of hydrogen-bond acceptors (Lipinski definition) is 2. The van der Waals surface area contributed by atoms with E-state index < -0.39 is 0 Å². The third kappa shape index (κ3) is 7.12. The lowest BCUT2D eigenvalue weighted by Gasteiger charge is -2.26. The van der Waals surface area contributed by atoms with Crippen molar-refractivity contribution in [2.24, 2.45) is 0 Å². The van der Waals surface area contributed by atoms with E-state index in [2.05, 4.69) is 260 Å². The number of hydrogen-bond donors (Lipinski definition) is 0. The minimum Gasteiger partial charge on any atom is -0.455 e. The van der Waals surface area contributed by atoms with Crippen LogP contribution in [0, 0.1) is 0 Å². The zero-order chi connectivity index (χ0) is 43.8. The second-order valence-corrected chi connectivity index (χ2v) is 16.8. The molecule has 2 heteroatoms. The molecule has 0 atom stereocenters. The zero-order valence-corrected chi connectivity index (χ0v) is 36.2. The highest BCUT2D eigenvalue weighted by Crippen LogP contribution is 2.44. The Balaban J connectivity index is 0.932. The quantitative estimate of drug-likeness (QED) is 0.135. The van der Waals surface area contributed by atoms with Crippen molar-refractivity contribution in [1.29, 1.82) is 0 Å². The molecule has 0 saturated heterocycles. The number of nitrogens with zero attached hydrogens (tertiary/aromatic N) is 1. The summed E-state index contributed by atoms with van der Waals surface area (Å²) in [6.45, 7) is 0. The van der Waals surface area contributed by atoms with Crippen molar-refractivity contribution in [3.8, 4) is 67.0 Å². The summed E-state index contributed by atoms with van der Waals surface area (Å²) in [6, 6.07) is 93.6. The lowest BCUT2D eigenvalue weighted by molar-refractivity contribution is 0.632. The van der Waals surface area contributed by atoms with Gasteiger partial charge in [0.05, 0.1) is 0 Å². The third-order valence-corrected chi connectivity index (χ3v) is 12.9. The van der Waals surface area contributed by atoms with Crippen LogP contribution < -0.4 is 4.90 Å². The van der Waals surface area contributed by atoms with E-state index in [0.29, 0.717) is 0 Å². The summed E-state index contributed by atoms with van der Waals surface area (Å²) in [6.07, 6.45) is 0. The van der Waals surface area contributed by atoms with Gasteiger partial charge in [-0.1, -0.05) is 206 Å². The molecule has 2 nitrogen and oxygen atoms in total. The number of furan rings is 1. The Kier molecular flexibility index (Phi) is 9.89. The Bertz CT molecular complexity index is 3660. The first kappa shape index (κ1) is 38.9. The van der Waals surface area contributed by atoms with Gasteiger partial charge in [0, 0.05) is 33.6 Å². The van der Waals surface area contributed by atoms with Gasteiger partial charge >= 0.3 is 0 Å². The minimum absolute atomic E-state index is 0.877. The Morgan fingerprint density at radius 3 is 1.36 bits per heavy atom. The van der Waals surface area contributed by atoms with Gasteiger partial charge in [0.1, 0.15) is 11.3 Å². The first-order valence-corrected chi connectivity index (χ1v) is 22.6. The van der Waals surface area contributed by atoms with Crippen LogP contribution in [0.25, 0.3) is 99.5 Å². The predicted octanol–water partition coefficient (Wildman–Crippen LogP) is 18.2. The maximum absolute atomic E-state index is 6.61. The molecule has 0 bridgehead atoms. The highest BCUT2D eigenvalue weighted by molar-refractivity contribution is 6.14. The summed E-state index contributed by atoms with van der Waals surface area (Å²) < 4.78 is 6.61. The van der Waals surface area contributed by atoms with Crippen molar-refractivity contribution in [3.05, 3.63) is 261 Å². The van der Waals surface area contributed by atoms with Crippen LogP contribution in [0.4, 0.5) is 17.1 Å². The highest BCUT2D eigenvalue weighted by atomic mass is 16.3. The van der Waals surface area contributed by atoms with Crippen LogP contribution in [0.3, 0.4) is 0 Å². The Morgan fingerprint density at radius 1 is 0.258 bits per heavy atom. The summed E-state index contributed by atoms with van der Waals surface area (Å²) in [5.74, 6) is 0.877. The molecule has 1 aromatic heterocycles. The zero-order valence-electron chi connectivity index (χ0n) is 36.2. The molecule has 12 rings (SSSR count). The molecular weight excluding hydrogens is 799 g/mol. The van der Waals surface area contributed by atoms with Crippen LogP contribution >= 0.6 is 0 Å². The monoisotopic (exact) mass is 841 g/mol. The molecule has 0 saturated carbocycles. The third-order valence-electron chi connectivity index (χ3n) is 12.9. The average Bonchev–Trinajstić information content (AvgIpc) is 3.80. The topological polar surface area (TPSA) is 16.4 Å². The van der Waals surface area contributed by atoms with E-state index in [0.717, 1.165) is 61.6 Å². The SMILES string of the molecule is c1ccc(-c2ccccc2-c2ccc(N(c3ccc(-c4cccc(-c5oc6ccccc6c5-c5ccccc5)c4)cc3)c3ccc(-c4cc5ccccc5c5ccccc45)cc3)cc2)cc1. The van der Waals surface area contributed by atoms with Gasteiger partial charge in [-0.3, -0.25) is 0 Å². The number of anilines is 3. The van der Waals surface area contributed by atoms with Gasteiger partial charge in [0.15, 0.2) is 0 Å². The summed E-state index contributed by atoms with van der Waals surface area (Å²) in [7, 11) is 0. The van der Waals surface area contributed by atoms with Crippen molar-refractivity contribution in [1.82, 2.24) is 0 Å². The van der Waals surface area contributed by atoms with Crippen LogP contribution in [-0.2, 0) is 0 Å². The summed E-state index contributed by atoms with van der Waals surface area (Å²) in [5.41, 5.74) is 16.9. The number of rotatable bonds is 9. The molecule has 0 radical (unpaired) electrons. The van der Waals surface area contributed by atoms with Crippen molar-refractivity contribution in [3.63, 3.8) is 0 Å². The first-order chi connectivity index (χ1) is 32.7. The van der Waals surface area contributed by atoms with Crippen LogP contribution in [-0.4, -0.2) is 0 Å². The van der Waals surface area contributed by atoms with Gasteiger partial charge in [0.2, 0.25) is 0 Å². The van der Waals surface area contributed by atoms with E-state index in [4.69, 9.17) is 4.42 Å². The van der Waals surface area contributed by atoms with Gasteiger partial charge < -0.3 is 9.32 Å². The van der Waals surface area contributed by atoms with Gasteiger partial charge in [-0.05, 0) is 126 Å². The largest absolute Gasteiger partial charge is 0.455 e. The lowest BCUT2D eigenvalue weighted by Crippen LogP contribution is -2.09. The van der Waals surface area contributed by atoms with Gasteiger partial charge in [-0.25, -0.2) is 0 Å². The molecule has 0 spiro atoms. The van der Waals surface area contributed by atoms with E-state index in [9.17, 15) is 0 Å². The molecule has 66 heavy (non-hydrogen) atoms. The van der Waals surface area contributed by atoms with Gasteiger partial charge in [-0.15, -0.1) is 0 Å². The summed E-state index contributed by atoms with van der Waals surface area (Å²) in [5, 5.41) is 6.15. The molecule has 1 heterocycles. The second-order valence-electron chi connectivity index (χ2n) is 16.8. The fraction of sp³-hybridized carbons (Fsp3) is 0. The molecule has 0 N–H and O–H groups in total.